The summed E-state index contributed by atoms with van der Waals surface area (Å²) in [6.07, 6.45) is 3.31. The van der Waals surface area contributed by atoms with Crippen molar-refractivity contribution < 1.29 is 33.3 Å². The Morgan fingerprint density at radius 1 is 1.03 bits per heavy atom. The van der Waals surface area contributed by atoms with Crippen LogP contribution < -0.4 is 29.2 Å². The topological polar surface area (TPSA) is 95.6 Å². The molecule has 9 nitrogen and oxygen atoms in total. The molecule has 0 unspecified atom stereocenters. The van der Waals surface area contributed by atoms with E-state index in [0.717, 1.165) is 0 Å². The fourth-order valence-corrected chi connectivity index (χ4v) is 5.23. The summed E-state index contributed by atoms with van der Waals surface area (Å²) in [5.41, 5.74) is 0.273. The normalized spacial score (nSPS) is 26.4. The summed E-state index contributed by atoms with van der Waals surface area (Å²) < 4.78 is 27.8. The third-order valence-corrected chi connectivity index (χ3v) is 6.71. The second-order valence-corrected chi connectivity index (χ2v) is 8.40. The summed E-state index contributed by atoms with van der Waals surface area (Å²) in [5.74, 6) is 0.0302. The molecule has 2 amide bonds. The van der Waals surface area contributed by atoms with Crippen LogP contribution in [0.3, 0.4) is 0 Å². The molecule has 3 aliphatic rings. The Hall–Kier alpha value is -3.72. The number of nitrogens with zero attached hydrogens (tertiary/aromatic N) is 1. The van der Waals surface area contributed by atoms with Gasteiger partial charge >= 0.3 is 0 Å². The van der Waals surface area contributed by atoms with Crippen molar-refractivity contribution >= 4 is 23.2 Å². The van der Waals surface area contributed by atoms with Gasteiger partial charge in [0.25, 0.3) is 0 Å². The zero-order valence-electron chi connectivity index (χ0n) is 19.4. The molecular weight excluding hydrogens is 440 g/mol. The summed E-state index contributed by atoms with van der Waals surface area (Å²) in [6, 6.07) is 10.6. The van der Waals surface area contributed by atoms with Gasteiger partial charge in [-0.3, -0.25) is 9.59 Å². The molecular formula is C25H26N2O7. The van der Waals surface area contributed by atoms with E-state index in [-0.39, 0.29) is 11.8 Å². The van der Waals surface area contributed by atoms with Gasteiger partial charge < -0.3 is 33.9 Å². The number of benzene rings is 2. The van der Waals surface area contributed by atoms with Gasteiger partial charge in [-0.05, 0) is 12.1 Å². The first-order valence-electron chi connectivity index (χ1n) is 10.9. The van der Waals surface area contributed by atoms with Crippen LogP contribution in [0.1, 0.15) is 0 Å². The Morgan fingerprint density at radius 2 is 1.71 bits per heavy atom. The molecule has 178 valence electrons. The maximum Gasteiger partial charge on any atom is 0.234 e. The SMILES string of the molecule is COc1ccccc1N1C[C@@]23C=C[C@@H](O2)[C@@H](C(=O)Nc2cc(OC)c(OC)c(OC)c2)[C@@H]3C1=O. The van der Waals surface area contributed by atoms with Crippen molar-refractivity contribution in [2.45, 2.75) is 11.7 Å². The lowest BCUT2D eigenvalue weighted by molar-refractivity contribution is -0.128. The van der Waals surface area contributed by atoms with Crippen molar-refractivity contribution in [3.05, 3.63) is 48.6 Å². The second kappa shape index (κ2) is 8.25. The number of carbonyl (C=O) groups is 2. The fraction of sp³-hybridized carbons (Fsp3) is 0.360. The minimum atomic E-state index is -0.847. The highest BCUT2D eigenvalue weighted by atomic mass is 16.5. The number of methoxy groups -OCH3 is 4. The number of anilines is 2. The lowest BCUT2D eigenvalue weighted by Gasteiger charge is -2.24. The summed E-state index contributed by atoms with van der Waals surface area (Å²) >= 11 is 0. The molecule has 3 heterocycles. The zero-order valence-corrected chi connectivity index (χ0v) is 19.4. The van der Waals surface area contributed by atoms with E-state index in [2.05, 4.69) is 5.32 Å². The largest absolute Gasteiger partial charge is 0.495 e. The van der Waals surface area contributed by atoms with E-state index in [1.807, 2.05) is 30.4 Å². The van der Waals surface area contributed by atoms with Gasteiger partial charge in [0.05, 0.1) is 58.6 Å². The van der Waals surface area contributed by atoms with Crippen molar-refractivity contribution in [1.82, 2.24) is 0 Å². The highest BCUT2D eigenvalue weighted by molar-refractivity contribution is 6.06. The molecule has 3 aliphatic heterocycles. The lowest BCUT2D eigenvalue weighted by Crippen LogP contribution is -2.41. The third kappa shape index (κ3) is 3.19. The summed E-state index contributed by atoms with van der Waals surface area (Å²) in [7, 11) is 6.08. The smallest absolute Gasteiger partial charge is 0.234 e. The molecule has 0 radical (unpaired) electrons. The van der Waals surface area contributed by atoms with Crippen LogP contribution in [0.5, 0.6) is 23.0 Å². The lowest BCUT2D eigenvalue weighted by atomic mass is 9.76. The van der Waals surface area contributed by atoms with E-state index in [1.54, 1.807) is 30.2 Å². The van der Waals surface area contributed by atoms with Gasteiger partial charge in [-0.2, -0.15) is 0 Å². The predicted octanol–water partition coefficient (Wildman–Crippen LogP) is 2.65. The summed E-state index contributed by atoms with van der Waals surface area (Å²) in [5, 5.41) is 2.91. The van der Waals surface area contributed by atoms with E-state index in [9.17, 15) is 9.59 Å². The van der Waals surface area contributed by atoms with E-state index in [4.69, 9.17) is 23.7 Å². The molecule has 2 bridgehead atoms. The van der Waals surface area contributed by atoms with Crippen LogP contribution in [0, 0.1) is 11.8 Å². The molecule has 0 saturated carbocycles. The summed E-state index contributed by atoms with van der Waals surface area (Å²) in [6.45, 7) is 0.317. The molecule has 2 aromatic carbocycles. The van der Waals surface area contributed by atoms with Gasteiger partial charge in [0.2, 0.25) is 17.6 Å². The van der Waals surface area contributed by atoms with Crippen LogP contribution in [0.4, 0.5) is 11.4 Å². The standard InChI is InChI=1S/C25H26N2O7/c1-30-16-8-6-5-7-15(16)27-13-25-10-9-17(34-25)20(21(25)24(27)29)23(28)26-14-11-18(31-2)22(33-4)19(12-14)32-3/h5-12,17,20-21H,13H2,1-4H3,(H,26,28)/t17-,20-,21-,25-/m1/s1. The minimum Gasteiger partial charge on any atom is -0.495 e. The van der Waals surface area contributed by atoms with Gasteiger partial charge in [-0.15, -0.1) is 0 Å². The number of hydrogen-bond donors (Lipinski definition) is 1. The van der Waals surface area contributed by atoms with Crippen LogP contribution in [0.25, 0.3) is 0 Å². The van der Waals surface area contributed by atoms with Crippen LogP contribution in [0.15, 0.2) is 48.6 Å². The molecule has 4 atom stereocenters. The number of ether oxygens (including phenoxy) is 5. The molecule has 9 heteroatoms. The molecule has 34 heavy (non-hydrogen) atoms. The molecule has 2 fully saturated rings. The molecule has 2 saturated heterocycles. The molecule has 2 aromatic rings. The van der Waals surface area contributed by atoms with E-state index >= 15 is 0 Å². The highest BCUT2D eigenvalue weighted by Crippen LogP contribution is 2.53. The number of hydrogen-bond acceptors (Lipinski definition) is 7. The monoisotopic (exact) mass is 466 g/mol. The van der Waals surface area contributed by atoms with E-state index < -0.39 is 23.5 Å². The van der Waals surface area contributed by atoms with Crippen LogP contribution >= 0.6 is 0 Å². The number of rotatable bonds is 7. The Bertz CT molecular complexity index is 1150. The molecule has 5 rings (SSSR count). The fourth-order valence-electron chi connectivity index (χ4n) is 5.23. The van der Waals surface area contributed by atoms with Gasteiger partial charge in [0.1, 0.15) is 11.4 Å². The average molecular weight is 466 g/mol. The van der Waals surface area contributed by atoms with E-state index in [1.165, 1.54) is 21.3 Å². The number of nitrogens with one attached hydrogen (secondary N) is 1. The van der Waals surface area contributed by atoms with Crippen LogP contribution in [0.2, 0.25) is 0 Å². The highest BCUT2D eigenvalue weighted by Gasteiger charge is 2.67. The Labute approximate surface area is 197 Å². The van der Waals surface area contributed by atoms with Crippen molar-refractivity contribution in [3.8, 4) is 23.0 Å². The predicted molar refractivity (Wildman–Crippen MR) is 124 cm³/mol. The summed E-state index contributed by atoms with van der Waals surface area (Å²) in [4.78, 5) is 28.7. The van der Waals surface area contributed by atoms with Gasteiger partial charge in [-0.25, -0.2) is 0 Å². The second-order valence-electron chi connectivity index (χ2n) is 8.40. The first kappa shape index (κ1) is 22.1. The maximum absolute atomic E-state index is 13.6. The molecule has 1 spiro atoms. The maximum atomic E-state index is 13.6. The zero-order chi connectivity index (χ0) is 24.0. The van der Waals surface area contributed by atoms with Crippen molar-refractivity contribution in [1.29, 1.82) is 0 Å². The first-order valence-corrected chi connectivity index (χ1v) is 10.9. The number of para-hydroxylation sites is 2. The van der Waals surface area contributed by atoms with Gasteiger partial charge in [-0.1, -0.05) is 24.3 Å². The van der Waals surface area contributed by atoms with Crippen molar-refractivity contribution in [3.63, 3.8) is 0 Å². The van der Waals surface area contributed by atoms with Gasteiger partial charge in [0, 0.05) is 17.8 Å². The Balaban J connectivity index is 1.44. The minimum absolute atomic E-state index is 0.165. The van der Waals surface area contributed by atoms with Crippen LogP contribution in [-0.4, -0.2) is 58.5 Å². The number of amides is 2. The van der Waals surface area contributed by atoms with E-state index in [0.29, 0.717) is 40.9 Å². The molecule has 1 N–H and O–H groups in total. The Morgan fingerprint density at radius 3 is 2.35 bits per heavy atom. The van der Waals surface area contributed by atoms with Crippen LogP contribution in [-0.2, 0) is 14.3 Å². The third-order valence-electron chi connectivity index (χ3n) is 6.71. The van der Waals surface area contributed by atoms with Crippen molar-refractivity contribution in [2.75, 3.05) is 45.2 Å². The van der Waals surface area contributed by atoms with Crippen molar-refractivity contribution in [2.24, 2.45) is 11.8 Å². The molecule has 0 aliphatic carbocycles. The average Bonchev–Trinajstić information content (AvgIpc) is 3.51. The number of carbonyl (C=O) groups excluding carboxylic acids is 2. The van der Waals surface area contributed by atoms with Gasteiger partial charge in [0.15, 0.2) is 11.5 Å². The first-order chi connectivity index (χ1) is 16.5. The quantitative estimate of drug-likeness (QED) is 0.627. The molecule has 0 aromatic heterocycles. The Kier molecular flexibility index (Phi) is 5.36. The number of fused-ring (bicyclic) bond motifs is 1.